The van der Waals surface area contributed by atoms with Gasteiger partial charge in [0.2, 0.25) is 0 Å². The molecule has 2 nitrogen and oxygen atoms in total. The molecule has 1 N–H and O–H groups in total. The fourth-order valence-electron chi connectivity index (χ4n) is 1.90. The highest BCUT2D eigenvalue weighted by Gasteiger charge is 2.04. The molecule has 0 atom stereocenters. The van der Waals surface area contributed by atoms with Gasteiger partial charge in [0, 0.05) is 18.7 Å². The summed E-state index contributed by atoms with van der Waals surface area (Å²) in [5, 5.41) is 3.38. The van der Waals surface area contributed by atoms with E-state index in [1.54, 1.807) is 6.07 Å². The van der Waals surface area contributed by atoms with E-state index in [-0.39, 0.29) is 5.82 Å². The molecule has 2 aromatic carbocycles. The normalized spacial score (nSPS) is 10.9. The van der Waals surface area contributed by atoms with Crippen molar-refractivity contribution in [1.29, 1.82) is 0 Å². The fraction of sp³-hybridized carbons (Fsp3) is 0.294. The van der Waals surface area contributed by atoms with E-state index in [4.69, 9.17) is 4.74 Å². The first-order valence-corrected chi connectivity index (χ1v) is 7.73. The van der Waals surface area contributed by atoms with Crippen molar-refractivity contribution < 1.29 is 9.13 Å². The summed E-state index contributed by atoms with van der Waals surface area (Å²) in [5.41, 5.74) is 2.28. The zero-order chi connectivity index (χ0) is 15.2. The highest BCUT2D eigenvalue weighted by atomic mass is 79.9. The molecule has 0 aliphatic carbocycles. The first-order valence-electron chi connectivity index (χ1n) is 6.93. The smallest absolute Gasteiger partial charge is 0.136 e. The van der Waals surface area contributed by atoms with E-state index in [9.17, 15) is 4.39 Å². The van der Waals surface area contributed by atoms with Crippen molar-refractivity contribution in [2.75, 3.05) is 0 Å². The van der Waals surface area contributed by atoms with Gasteiger partial charge in [0.05, 0.1) is 4.47 Å². The van der Waals surface area contributed by atoms with Crippen LogP contribution in [-0.2, 0) is 13.2 Å². The zero-order valence-electron chi connectivity index (χ0n) is 12.2. The van der Waals surface area contributed by atoms with E-state index < -0.39 is 0 Å². The molecule has 112 valence electrons. The number of nitrogens with one attached hydrogen (secondary N) is 1. The van der Waals surface area contributed by atoms with Crippen LogP contribution in [0.4, 0.5) is 4.39 Å². The maximum absolute atomic E-state index is 13.2. The number of hydrogen-bond acceptors (Lipinski definition) is 2. The zero-order valence-corrected chi connectivity index (χ0v) is 13.8. The standard InChI is InChI=1S/C17H19BrFNO/c1-12(2)20-10-13-4-3-5-14(8-13)11-21-17-9-15(19)6-7-16(17)18/h3-9,12,20H,10-11H2,1-2H3. The van der Waals surface area contributed by atoms with Crippen LogP contribution in [0.2, 0.25) is 0 Å². The van der Waals surface area contributed by atoms with Crippen LogP contribution in [0, 0.1) is 5.82 Å². The number of halogens is 2. The summed E-state index contributed by atoms with van der Waals surface area (Å²) in [4.78, 5) is 0. The van der Waals surface area contributed by atoms with Crippen molar-refractivity contribution in [3.63, 3.8) is 0 Å². The van der Waals surface area contributed by atoms with Gasteiger partial charge in [-0.25, -0.2) is 4.39 Å². The Morgan fingerprint density at radius 3 is 2.67 bits per heavy atom. The van der Waals surface area contributed by atoms with Gasteiger partial charge in [-0.05, 0) is 39.2 Å². The third kappa shape index (κ3) is 5.14. The SMILES string of the molecule is CC(C)NCc1cccc(COc2cc(F)ccc2Br)c1. The van der Waals surface area contributed by atoms with Gasteiger partial charge in [-0.1, -0.05) is 38.1 Å². The molecule has 0 spiro atoms. The number of hydrogen-bond donors (Lipinski definition) is 1. The van der Waals surface area contributed by atoms with Crippen molar-refractivity contribution in [3.8, 4) is 5.75 Å². The van der Waals surface area contributed by atoms with E-state index in [1.807, 2.05) is 12.1 Å². The third-order valence-electron chi connectivity index (χ3n) is 2.99. The van der Waals surface area contributed by atoms with Gasteiger partial charge in [-0.3, -0.25) is 0 Å². The van der Waals surface area contributed by atoms with Crippen molar-refractivity contribution in [3.05, 3.63) is 63.9 Å². The summed E-state index contributed by atoms with van der Waals surface area (Å²) in [7, 11) is 0. The van der Waals surface area contributed by atoms with Gasteiger partial charge in [-0.15, -0.1) is 0 Å². The minimum Gasteiger partial charge on any atom is -0.488 e. The molecule has 0 saturated carbocycles. The van der Waals surface area contributed by atoms with Gasteiger partial charge in [0.15, 0.2) is 0 Å². The van der Waals surface area contributed by atoms with Crippen LogP contribution in [0.1, 0.15) is 25.0 Å². The number of benzene rings is 2. The molecule has 0 saturated heterocycles. The molecular formula is C17H19BrFNO. The van der Waals surface area contributed by atoms with E-state index in [0.29, 0.717) is 18.4 Å². The van der Waals surface area contributed by atoms with Crippen LogP contribution in [0.15, 0.2) is 46.9 Å². The Bertz CT molecular complexity index is 601. The molecule has 0 fully saturated rings. The molecule has 21 heavy (non-hydrogen) atoms. The number of ether oxygens (including phenoxy) is 1. The van der Waals surface area contributed by atoms with Crippen molar-refractivity contribution in [2.24, 2.45) is 0 Å². The second kappa shape index (κ2) is 7.57. The maximum atomic E-state index is 13.2. The lowest BCUT2D eigenvalue weighted by Gasteiger charge is -2.11. The van der Waals surface area contributed by atoms with Crippen LogP contribution in [-0.4, -0.2) is 6.04 Å². The molecule has 0 bridgehead atoms. The highest BCUT2D eigenvalue weighted by molar-refractivity contribution is 9.10. The maximum Gasteiger partial charge on any atom is 0.136 e. The Balaban J connectivity index is 1.99. The molecule has 0 aliphatic rings. The topological polar surface area (TPSA) is 21.3 Å². The Kier molecular flexibility index (Phi) is 5.76. The molecule has 0 unspecified atom stereocenters. The van der Waals surface area contributed by atoms with E-state index in [2.05, 4.69) is 47.2 Å². The molecule has 2 aromatic rings. The minimum atomic E-state index is -0.303. The Morgan fingerprint density at radius 1 is 1.14 bits per heavy atom. The monoisotopic (exact) mass is 351 g/mol. The van der Waals surface area contributed by atoms with Gasteiger partial charge in [0.1, 0.15) is 18.2 Å². The quantitative estimate of drug-likeness (QED) is 0.816. The molecule has 4 heteroatoms. The summed E-state index contributed by atoms with van der Waals surface area (Å²) in [6, 6.07) is 13.1. The lowest BCUT2D eigenvalue weighted by atomic mass is 10.1. The first kappa shape index (κ1) is 16.0. The van der Waals surface area contributed by atoms with Crippen molar-refractivity contribution >= 4 is 15.9 Å². The van der Waals surface area contributed by atoms with Gasteiger partial charge in [-0.2, -0.15) is 0 Å². The predicted octanol–water partition coefficient (Wildman–Crippen LogP) is 4.67. The average molecular weight is 352 g/mol. The van der Waals surface area contributed by atoms with Crippen molar-refractivity contribution in [2.45, 2.75) is 33.0 Å². The molecular weight excluding hydrogens is 333 g/mol. The van der Waals surface area contributed by atoms with Gasteiger partial charge >= 0.3 is 0 Å². The second-order valence-corrected chi connectivity index (χ2v) is 6.07. The lowest BCUT2D eigenvalue weighted by molar-refractivity contribution is 0.302. The third-order valence-corrected chi connectivity index (χ3v) is 3.65. The molecule has 0 radical (unpaired) electrons. The van der Waals surface area contributed by atoms with Crippen molar-refractivity contribution in [1.82, 2.24) is 5.32 Å². The minimum absolute atomic E-state index is 0.303. The van der Waals surface area contributed by atoms with E-state index >= 15 is 0 Å². The second-order valence-electron chi connectivity index (χ2n) is 5.22. The van der Waals surface area contributed by atoms with Crippen LogP contribution < -0.4 is 10.1 Å². The predicted molar refractivity (Wildman–Crippen MR) is 86.8 cm³/mol. The Labute approximate surface area is 133 Å². The fourth-order valence-corrected chi connectivity index (χ4v) is 2.26. The Morgan fingerprint density at radius 2 is 1.90 bits per heavy atom. The van der Waals surface area contributed by atoms with Crippen LogP contribution in [0.3, 0.4) is 0 Å². The first-order chi connectivity index (χ1) is 10.0. The highest BCUT2D eigenvalue weighted by Crippen LogP contribution is 2.26. The summed E-state index contributed by atoms with van der Waals surface area (Å²) in [5.74, 6) is 0.212. The average Bonchev–Trinajstić information content (AvgIpc) is 2.46. The molecule has 2 rings (SSSR count). The van der Waals surface area contributed by atoms with Crippen LogP contribution >= 0.6 is 15.9 Å². The van der Waals surface area contributed by atoms with Gasteiger partial charge in [0.25, 0.3) is 0 Å². The summed E-state index contributed by atoms with van der Waals surface area (Å²) in [6.07, 6.45) is 0. The summed E-state index contributed by atoms with van der Waals surface area (Å²) < 4.78 is 19.6. The largest absolute Gasteiger partial charge is 0.488 e. The van der Waals surface area contributed by atoms with Crippen LogP contribution in [0.5, 0.6) is 5.75 Å². The molecule has 0 aliphatic heterocycles. The molecule has 0 aromatic heterocycles. The molecule has 0 heterocycles. The van der Waals surface area contributed by atoms with Gasteiger partial charge < -0.3 is 10.1 Å². The lowest BCUT2D eigenvalue weighted by Crippen LogP contribution is -2.21. The Hall–Kier alpha value is -1.39. The summed E-state index contributed by atoms with van der Waals surface area (Å²) >= 11 is 3.36. The van der Waals surface area contributed by atoms with E-state index in [0.717, 1.165) is 16.6 Å². The summed E-state index contributed by atoms with van der Waals surface area (Å²) in [6.45, 7) is 5.48. The van der Waals surface area contributed by atoms with E-state index in [1.165, 1.54) is 17.7 Å². The van der Waals surface area contributed by atoms with Crippen LogP contribution in [0.25, 0.3) is 0 Å². The molecule has 0 amide bonds. The number of rotatable bonds is 6.